The summed E-state index contributed by atoms with van der Waals surface area (Å²) in [5.41, 5.74) is 0. The summed E-state index contributed by atoms with van der Waals surface area (Å²) in [4.78, 5) is 4.30. The predicted molar refractivity (Wildman–Crippen MR) is 139 cm³/mol. The number of guanidine groups is 1. The van der Waals surface area contributed by atoms with Gasteiger partial charge in [-0.25, -0.2) is 0 Å². The number of hydrogen-bond acceptors (Lipinski definition) is 6. The van der Waals surface area contributed by atoms with Crippen LogP contribution in [-0.2, 0) is 22.4 Å². The molecule has 2 rings (SSSR count). The van der Waals surface area contributed by atoms with Crippen LogP contribution in [0.2, 0.25) is 0 Å². The number of rotatable bonds is 13. The fourth-order valence-corrected chi connectivity index (χ4v) is 3.94. The van der Waals surface area contributed by atoms with Gasteiger partial charge < -0.3 is 24.7 Å². The van der Waals surface area contributed by atoms with E-state index in [2.05, 4.69) is 50.5 Å². The number of aryl methyl sites for hydroxylation is 1. The van der Waals surface area contributed by atoms with Crippen LogP contribution in [-0.4, -0.2) is 73.5 Å². The summed E-state index contributed by atoms with van der Waals surface area (Å²) in [6.45, 7) is 10.5. The van der Waals surface area contributed by atoms with Crippen molar-refractivity contribution in [1.82, 2.24) is 25.4 Å². The number of aromatic nitrogens is 3. The van der Waals surface area contributed by atoms with Crippen LogP contribution >= 0.6 is 35.7 Å². The molecule has 1 aliphatic heterocycles. The maximum absolute atomic E-state index is 5.81. The van der Waals surface area contributed by atoms with E-state index in [0.717, 1.165) is 95.1 Å². The normalized spacial score (nSPS) is 15.2. The standard InChI is InChI=1S/C21H40N6O2S.HI/c1-17(2)15-27-19(25-26-21(27)30-4)7-5-10-23-20(22-3)24-11-6-12-29-16-18-8-13-28-14-9-18;/h17-18H,5-16H2,1-4H3,(H2,22,23,24);1H. The predicted octanol–water partition coefficient (Wildman–Crippen LogP) is 3.20. The number of ether oxygens (including phenoxy) is 2. The van der Waals surface area contributed by atoms with Gasteiger partial charge in [0.2, 0.25) is 0 Å². The smallest absolute Gasteiger partial charge is 0.190 e. The monoisotopic (exact) mass is 568 g/mol. The van der Waals surface area contributed by atoms with Crippen molar-refractivity contribution in [2.75, 3.05) is 52.8 Å². The van der Waals surface area contributed by atoms with Crippen LogP contribution in [0.4, 0.5) is 0 Å². The molecule has 2 N–H and O–H groups in total. The van der Waals surface area contributed by atoms with Crippen molar-refractivity contribution in [3.8, 4) is 0 Å². The third-order valence-electron chi connectivity index (χ3n) is 5.07. The molecule has 8 nitrogen and oxygen atoms in total. The van der Waals surface area contributed by atoms with Crippen LogP contribution in [0.3, 0.4) is 0 Å². The Morgan fingerprint density at radius 3 is 2.58 bits per heavy atom. The molecule has 1 aromatic heterocycles. The maximum Gasteiger partial charge on any atom is 0.190 e. The zero-order valence-electron chi connectivity index (χ0n) is 19.6. The maximum atomic E-state index is 5.81. The first-order valence-corrected chi connectivity index (χ1v) is 12.4. The SMILES string of the molecule is CN=C(NCCCOCC1CCOCC1)NCCCc1nnc(SC)n1CC(C)C.I. The molecule has 0 amide bonds. The van der Waals surface area contributed by atoms with Crippen LogP contribution in [0.1, 0.15) is 45.4 Å². The molecule has 180 valence electrons. The van der Waals surface area contributed by atoms with Crippen LogP contribution in [0, 0.1) is 11.8 Å². The van der Waals surface area contributed by atoms with Crippen LogP contribution < -0.4 is 10.6 Å². The Hall–Kier alpha value is -0.590. The molecule has 1 fully saturated rings. The highest BCUT2D eigenvalue weighted by molar-refractivity contribution is 14.0. The Bertz CT molecular complexity index is 623. The Labute approximate surface area is 209 Å². The first-order valence-electron chi connectivity index (χ1n) is 11.2. The summed E-state index contributed by atoms with van der Waals surface area (Å²) < 4.78 is 13.4. The Balaban J connectivity index is 0.00000480. The fourth-order valence-electron chi connectivity index (χ4n) is 3.42. The van der Waals surface area contributed by atoms with Crippen LogP contribution in [0.25, 0.3) is 0 Å². The number of nitrogens with zero attached hydrogens (tertiary/aromatic N) is 4. The summed E-state index contributed by atoms with van der Waals surface area (Å²) in [5.74, 6) is 3.15. The van der Waals surface area contributed by atoms with E-state index in [1.807, 2.05) is 0 Å². The highest BCUT2D eigenvalue weighted by Gasteiger charge is 2.14. The molecule has 0 bridgehead atoms. The quantitative estimate of drug-likeness (QED) is 0.124. The topological polar surface area (TPSA) is 85.6 Å². The first kappa shape index (κ1) is 28.4. The molecular formula is C21H41IN6O2S. The molecule has 0 atom stereocenters. The van der Waals surface area contributed by atoms with Crippen molar-refractivity contribution in [2.45, 2.75) is 57.7 Å². The van der Waals surface area contributed by atoms with E-state index in [4.69, 9.17) is 9.47 Å². The second-order valence-corrected chi connectivity index (χ2v) is 8.89. The third-order valence-corrected chi connectivity index (χ3v) is 5.74. The number of halogens is 1. The van der Waals surface area contributed by atoms with Gasteiger partial charge in [0.1, 0.15) is 5.82 Å². The average molecular weight is 569 g/mol. The molecule has 1 aliphatic rings. The lowest BCUT2D eigenvalue weighted by molar-refractivity contribution is 0.0203. The summed E-state index contributed by atoms with van der Waals surface area (Å²) in [6, 6.07) is 0. The second kappa shape index (κ2) is 17.0. The minimum Gasteiger partial charge on any atom is -0.381 e. The van der Waals surface area contributed by atoms with Gasteiger partial charge in [-0.2, -0.15) is 0 Å². The highest BCUT2D eigenvalue weighted by atomic mass is 127. The molecule has 0 spiro atoms. The number of thioether (sulfide) groups is 1. The molecule has 10 heteroatoms. The lowest BCUT2D eigenvalue weighted by Crippen LogP contribution is -2.38. The van der Waals surface area contributed by atoms with Crippen molar-refractivity contribution in [3.05, 3.63) is 5.82 Å². The lowest BCUT2D eigenvalue weighted by atomic mass is 10.0. The largest absolute Gasteiger partial charge is 0.381 e. The third kappa shape index (κ3) is 11.2. The summed E-state index contributed by atoms with van der Waals surface area (Å²) in [7, 11) is 1.81. The molecule has 2 heterocycles. The van der Waals surface area contributed by atoms with Crippen LogP contribution in [0.5, 0.6) is 0 Å². The van der Waals surface area contributed by atoms with Gasteiger partial charge in [-0.3, -0.25) is 4.99 Å². The van der Waals surface area contributed by atoms with Gasteiger partial charge in [0.05, 0.1) is 0 Å². The van der Waals surface area contributed by atoms with Gasteiger partial charge in [0, 0.05) is 59.5 Å². The van der Waals surface area contributed by atoms with E-state index >= 15 is 0 Å². The number of hydrogen-bond donors (Lipinski definition) is 2. The van der Waals surface area contributed by atoms with Gasteiger partial charge >= 0.3 is 0 Å². The molecule has 31 heavy (non-hydrogen) atoms. The van der Waals surface area contributed by atoms with Crippen molar-refractivity contribution in [2.24, 2.45) is 16.8 Å². The Morgan fingerprint density at radius 2 is 1.94 bits per heavy atom. The van der Waals surface area contributed by atoms with Crippen LogP contribution in [0.15, 0.2) is 10.1 Å². The van der Waals surface area contributed by atoms with Gasteiger partial charge in [-0.15, -0.1) is 34.2 Å². The lowest BCUT2D eigenvalue weighted by Gasteiger charge is -2.21. The molecular weight excluding hydrogens is 527 g/mol. The van der Waals surface area contributed by atoms with Gasteiger partial charge in [0.15, 0.2) is 11.1 Å². The minimum absolute atomic E-state index is 0. The van der Waals surface area contributed by atoms with E-state index in [1.54, 1.807) is 18.8 Å². The van der Waals surface area contributed by atoms with Crippen molar-refractivity contribution < 1.29 is 9.47 Å². The fraction of sp³-hybridized carbons (Fsp3) is 0.857. The summed E-state index contributed by atoms with van der Waals surface area (Å²) in [5, 5.41) is 16.4. The molecule has 0 saturated carbocycles. The van der Waals surface area contributed by atoms with E-state index in [9.17, 15) is 0 Å². The van der Waals surface area contributed by atoms with Gasteiger partial charge in [-0.1, -0.05) is 25.6 Å². The zero-order chi connectivity index (χ0) is 21.6. The molecule has 1 aromatic rings. The second-order valence-electron chi connectivity index (χ2n) is 8.12. The zero-order valence-corrected chi connectivity index (χ0v) is 22.7. The van der Waals surface area contributed by atoms with Gasteiger partial charge in [-0.05, 0) is 43.8 Å². The molecule has 0 aliphatic carbocycles. The van der Waals surface area contributed by atoms with E-state index < -0.39 is 0 Å². The first-order chi connectivity index (χ1) is 14.6. The molecule has 0 unspecified atom stereocenters. The Kier molecular flexibility index (Phi) is 15.6. The molecule has 1 saturated heterocycles. The van der Waals surface area contributed by atoms with Gasteiger partial charge in [0.25, 0.3) is 0 Å². The number of aliphatic imine (C=N–C) groups is 1. The molecule has 0 aromatic carbocycles. The average Bonchev–Trinajstić information content (AvgIpc) is 3.13. The van der Waals surface area contributed by atoms with Crippen molar-refractivity contribution in [1.29, 1.82) is 0 Å². The van der Waals surface area contributed by atoms with Crippen molar-refractivity contribution >= 4 is 41.7 Å². The summed E-state index contributed by atoms with van der Waals surface area (Å²) in [6.07, 6.45) is 7.17. The van der Waals surface area contributed by atoms with E-state index in [1.165, 1.54) is 0 Å². The van der Waals surface area contributed by atoms with E-state index in [0.29, 0.717) is 11.8 Å². The minimum atomic E-state index is 0. The Morgan fingerprint density at radius 1 is 1.23 bits per heavy atom. The van der Waals surface area contributed by atoms with Crippen molar-refractivity contribution in [3.63, 3.8) is 0 Å². The highest BCUT2D eigenvalue weighted by Crippen LogP contribution is 2.17. The molecule has 0 radical (unpaired) electrons. The summed E-state index contributed by atoms with van der Waals surface area (Å²) >= 11 is 1.66. The number of nitrogens with one attached hydrogen (secondary N) is 2. The van der Waals surface area contributed by atoms with E-state index in [-0.39, 0.29) is 24.0 Å².